The molecule has 0 aromatic heterocycles. The number of hydrogen-bond acceptors (Lipinski definition) is 4. The van der Waals surface area contributed by atoms with Crippen LogP contribution in [0, 0.1) is 0 Å². The van der Waals surface area contributed by atoms with Crippen LogP contribution in [0.5, 0.6) is 0 Å². The average Bonchev–Trinajstić information content (AvgIpc) is 3.00. The summed E-state index contributed by atoms with van der Waals surface area (Å²) in [5.41, 5.74) is -0.470. The Balaban J connectivity index is 1.58. The molecule has 1 spiro atoms. The lowest BCUT2D eigenvalue weighted by molar-refractivity contribution is -0.110. The lowest BCUT2D eigenvalue weighted by Gasteiger charge is -2.42. The summed E-state index contributed by atoms with van der Waals surface area (Å²) in [6.45, 7) is 3.23. The monoisotopic (exact) mass is 269 g/mol. The number of nitrogens with zero attached hydrogens (tertiary/aromatic N) is 1. The van der Waals surface area contributed by atoms with E-state index in [2.05, 4.69) is 11.9 Å². The molecule has 3 fully saturated rings. The van der Waals surface area contributed by atoms with E-state index in [0.29, 0.717) is 6.04 Å². The Morgan fingerprint density at radius 1 is 1.21 bits per heavy atom. The SMILES string of the molecule is CN(CC1(O)CCCC1)C1CCOC2(CCOC2)C1. The molecule has 0 aromatic carbocycles. The maximum absolute atomic E-state index is 10.6. The Hall–Kier alpha value is -0.160. The van der Waals surface area contributed by atoms with E-state index >= 15 is 0 Å². The van der Waals surface area contributed by atoms with Crippen LogP contribution >= 0.6 is 0 Å². The zero-order chi connectivity index (χ0) is 13.3. The maximum atomic E-state index is 10.6. The Labute approximate surface area is 116 Å². The highest BCUT2D eigenvalue weighted by Crippen LogP contribution is 2.36. The highest BCUT2D eigenvalue weighted by molar-refractivity contribution is 4.95. The van der Waals surface area contributed by atoms with E-state index in [1.807, 2.05) is 0 Å². The van der Waals surface area contributed by atoms with E-state index in [1.54, 1.807) is 0 Å². The van der Waals surface area contributed by atoms with Crippen LogP contribution < -0.4 is 0 Å². The first kappa shape index (κ1) is 13.8. The molecular formula is C15H27NO3. The molecule has 1 saturated carbocycles. The van der Waals surface area contributed by atoms with Crippen LogP contribution in [0.25, 0.3) is 0 Å². The van der Waals surface area contributed by atoms with Crippen molar-refractivity contribution in [3.05, 3.63) is 0 Å². The molecule has 2 heterocycles. The smallest absolute Gasteiger partial charge is 0.0951 e. The van der Waals surface area contributed by atoms with Crippen LogP contribution in [-0.4, -0.2) is 60.7 Å². The predicted molar refractivity (Wildman–Crippen MR) is 73.2 cm³/mol. The minimum atomic E-state index is -0.438. The summed E-state index contributed by atoms with van der Waals surface area (Å²) in [5.74, 6) is 0. The molecule has 0 amide bonds. The van der Waals surface area contributed by atoms with E-state index in [9.17, 15) is 5.11 Å². The Morgan fingerprint density at radius 2 is 2.00 bits per heavy atom. The van der Waals surface area contributed by atoms with Gasteiger partial charge in [0.1, 0.15) is 0 Å². The highest BCUT2D eigenvalue weighted by atomic mass is 16.6. The molecular weight excluding hydrogens is 242 g/mol. The van der Waals surface area contributed by atoms with Gasteiger partial charge in [0.15, 0.2) is 0 Å². The lowest BCUT2D eigenvalue weighted by Crippen LogP contribution is -2.51. The van der Waals surface area contributed by atoms with Gasteiger partial charge in [0.2, 0.25) is 0 Å². The largest absolute Gasteiger partial charge is 0.389 e. The predicted octanol–water partition coefficient (Wildman–Crippen LogP) is 1.56. The van der Waals surface area contributed by atoms with Crippen LogP contribution in [0.15, 0.2) is 0 Å². The first-order valence-electron chi connectivity index (χ1n) is 7.75. The van der Waals surface area contributed by atoms with Gasteiger partial charge in [0.05, 0.1) is 17.8 Å². The van der Waals surface area contributed by atoms with Crippen LogP contribution in [0.2, 0.25) is 0 Å². The molecule has 0 radical (unpaired) electrons. The molecule has 4 heteroatoms. The van der Waals surface area contributed by atoms with E-state index in [-0.39, 0.29) is 5.60 Å². The molecule has 0 bridgehead atoms. The summed E-state index contributed by atoms with van der Waals surface area (Å²) < 4.78 is 11.5. The van der Waals surface area contributed by atoms with Gasteiger partial charge in [-0.25, -0.2) is 0 Å². The van der Waals surface area contributed by atoms with Crippen molar-refractivity contribution in [2.24, 2.45) is 0 Å². The van der Waals surface area contributed by atoms with Gasteiger partial charge in [0.25, 0.3) is 0 Å². The summed E-state index contributed by atoms with van der Waals surface area (Å²) in [7, 11) is 2.16. The van der Waals surface area contributed by atoms with E-state index < -0.39 is 5.60 Å². The number of rotatable bonds is 3. The highest BCUT2D eigenvalue weighted by Gasteiger charge is 2.43. The lowest BCUT2D eigenvalue weighted by atomic mass is 9.88. The fourth-order valence-corrected chi connectivity index (χ4v) is 4.03. The van der Waals surface area contributed by atoms with Crippen molar-refractivity contribution in [2.75, 3.05) is 33.4 Å². The minimum absolute atomic E-state index is 0.0323. The van der Waals surface area contributed by atoms with Crippen molar-refractivity contribution >= 4 is 0 Å². The summed E-state index contributed by atoms with van der Waals surface area (Å²) in [5, 5.41) is 10.6. The van der Waals surface area contributed by atoms with Gasteiger partial charge in [0, 0.05) is 32.2 Å². The van der Waals surface area contributed by atoms with Gasteiger partial charge in [-0.05, 0) is 32.7 Å². The third kappa shape index (κ3) is 2.97. The van der Waals surface area contributed by atoms with Gasteiger partial charge in [-0.2, -0.15) is 0 Å². The quantitative estimate of drug-likeness (QED) is 0.844. The number of hydrogen-bond donors (Lipinski definition) is 1. The molecule has 2 atom stereocenters. The Morgan fingerprint density at radius 3 is 2.68 bits per heavy atom. The number of likely N-dealkylation sites (N-methyl/N-ethyl adjacent to an activating group) is 1. The third-order valence-corrected chi connectivity index (χ3v) is 5.24. The molecule has 3 aliphatic rings. The van der Waals surface area contributed by atoms with Gasteiger partial charge in [-0.15, -0.1) is 0 Å². The second-order valence-electron chi connectivity index (χ2n) is 6.83. The molecule has 0 aromatic rings. The van der Waals surface area contributed by atoms with Crippen LogP contribution in [0.4, 0.5) is 0 Å². The fourth-order valence-electron chi connectivity index (χ4n) is 4.03. The van der Waals surface area contributed by atoms with Crippen LogP contribution in [-0.2, 0) is 9.47 Å². The van der Waals surface area contributed by atoms with Gasteiger partial charge in [-0.3, -0.25) is 0 Å². The summed E-state index contributed by atoms with van der Waals surface area (Å²) in [6.07, 6.45) is 7.45. The Kier molecular flexibility index (Phi) is 3.87. The topological polar surface area (TPSA) is 41.9 Å². The van der Waals surface area contributed by atoms with Crippen molar-refractivity contribution in [1.82, 2.24) is 4.90 Å². The van der Waals surface area contributed by atoms with Crippen molar-refractivity contribution in [1.29, 1.82) is 0 Å². The second kappa shape index (κ2) is 5.32. The molecule has 1 aliphatic carbocycles. The molecule has 2 saturated heterocycles. The van der Waals surface area contributed by atoms with Crippen LogP contribution in [0.3, 0.4) is 0 Å². The van der Waals surface area contributed by atoms with E-state index in [4.69, 9.17) is 9.47 Å². The molecule has 2 unspecified atom stereocenters. The Bertz CT molecular complexity index is 309. The van der Waals surface area contributed by atoms with Crippen molar-refractivity contribution < 1.29 is 14.6 Å². The second-order valence-corrected chi connectivity index (χ2v) is 6.83. The number of aliphatic hydroxyl groups is 1. The molecule has 4 nitrogen and oxygen atoms in total. The maximum Gasteiger partial charge on any atom is 0.0951 e. The van der Waals surface area contributed by atoms with Crippen molar-refractivity contribution in [2.45, 2.75) is 62.2 Å². The standard InChI is InChI=1S/C15H27NO3/c1-16(11-14(17)5-2-3-6-14)13-4-8-19-15(10-13)7-9-18-12-15/h13,17H,2-12H2,1H3. The van der Waals surface area contributed by atoms with Crippen molar-refractivity contribution in [3.63, 3.8) is 0 Å². The fraction of sp³-hybridized carbons (Fsp3) is 1.00. The third-order valence-electron chi connectivity index (χ3n) is 5.24. The first-order chi connectivity index (χ1) is 9.11. The number of ether oxygens (including phenoxy) is 2. The summed E-state index contributed by atoms with van der Waals surface area (Å²) in [4.78, 5) is 2.37. The summed E-state index contributed by atoms with van der Waals surface area (Å²) >= 11 is 0. The van der Waals surface area contributed by atoms with E-state index in [1.165, 1.54) is 12.8 Å². The van der Waals surface area contributed by atoms with Crippen LogP contribution in [0.1, 0.15) is 44.9 Å². The van der Waals surface area contributed by atoms with Gasteiger partial charge >= 0.3 is 0 Å². The van der Waals surface area contributed by atoms with Gasteiger partial charge in [-0.1, -0.05) is 12.8 Å². The molecule has 3 rings (SSSR count). The normalized spacial score (nSPS) is 38.4. The molecule has 2 aliphatic heterocycles. The first-order valence-corrected chi connectivity index (χ1v) is 7.75. The molecule has 110 valence electrons. The summed E-state index contributed by atoms with van der Waals surface area (Å²) in [6, 6.07) is 0.528. The minimum Gasteiger partial charge on any atom is -0.389 e. The zero-order valence-electron chi connectivity index (χ0n) is 12.1. The zero-order valence-corrected chi connectivity index (χ0v) is 12.1. The van der Waals surface area contributed by atoms with E-state index in [0.717, 1.165) is 58.5 Å². The average molecular weight is 269 g/mol. The molecule has 1 N–H and O–H groups in total. The van der Waals surface area contributed by atoms with Gasteiger partial charge < -0.3 is 19.5 Å². The molecule has 19 heavy (non-hydrogen) atoms. The van der Waals surface area contributed by atoms with Crippen molar-refractivity contribution in [3.8, 4) is 0 Å².